The molecule has 0 heterocycles. The number of rotatable bonds is 4. The molecule has 0 amide bonds. The van der Waals surface area contributed by atoms with Crippen molar-refractivity contribution in [2.45, 2.75) is 32.8 Å². The lowest BCUT2D eigenvalue weighted by molar-refractivity contribution is 0.164. The van der Waals surface area contributed by atoms with Crippen LogP contribution in [0.4, 0.5) is 0 Å². The molecule has 11 heavy (non-hydrogen) atoms. The zero-order valence-electron chi connectivity index (χ0n) is 7.67. The maximum Gasteiger partial charge on any atom is 0.0977 e. The second-order valence-electron chi connectivity index (χ2n) is 3.46. The first-order valence-electron chi connectivity index (χ1n) is 4.01. The van der Waals surface area contributed by atoms with Gasteiger partial charge in [-0.25, -0.2) is 0 Å². The molecular formula is C10H18O. The van der Waals surface area contributed by atoms with E-state index in [4.69, 9.17) is 0 Å². The molecular weight excluding hydrogens is 136 g/mol. The first-order chi connectivity index (χ1) is 4.98. The van der Waals surface area contributed by atoms with E-state index in [2.05, 4.69) is 20.4 Å². The molecule has 0 bridgehead atoms. The molecule has 0 spiro atoms. The molecule has 0 aromatic rings. The second kappa shape index (κ2) is 4.35. The summed E-state index contributed by atoms with van der Waals surface area (Å²) in [6.45, 7) is 9.54. The van der Waals surface area contributed by atoms with E-state index in [1.165, 1.54) is 6.08 Å². The third-order valence-electron chi connectivity index (χ3n) is 1.48. The zero-order chi connectivity index (χ0) is 8.91. The summed E-state index contributed by atoms with van der Waals surface area (Å²) in [5.74, 6) is 0.645. The Kier molecular flexibility index (Phi) is 4.12. The van der Waals surface area contributed by atoms with Crippen LogP contribution in [0.5, 0.6) is 0 Å². The van der Waals surface area contributed by atoms with Crippen molar-refractivity contribution in [1.29, 1.82) is 0 Å². The van der Waals surface area contributed by atoms with Gasteiger partial charge in [-0.1, -0.05) is 38.7 Å². The highest BCUT2D eigenvalue weighted by Crippen LogP contribution is 2.08. The molecule has 0 aliphatic carbocycles. The summed E-state index contributed by atoms with van der Waals surface area (Å²) in [7, 11) is 0. The van der Waals surface area contributed by atoms with Crippen LogP contribution in [0.25, 0.3) is 0 Å². The minimum Gasteiger partial charge on any atom is -0.382 e. The molecule has 64 valence electrons. The third kappa shape index (κ3) is 5.86. The van der Waals surface area contributed by atoms with Crippen LogP contribution < -0.4 is 0 Å². The van der Waals surface area contributed by atoms with Crippen molar-refractivity contribution in [2.24, 2.45) is 5.92 Å². The summed E-state index contributed by atoms with van der Waals surface area (Å²) in [5, 5.41) is 9.43. The Balaban J connectivity index is 3.82. The summed E-state index contributed by atoms with van der Waals surface area (Å²) in [6.07, 6.45) is 6.31. The predicted molar refractivity (Wildman–Crippen MR) is 49.4 cm³/mol. The summed E-state index contributed by atoms with van der Waals surface area (Å²) in [5.41, 5.74) is -0.838. The van der Waals surface area contributed by atoms with Crippen molar-refractivity contribution in [1.82, 2.24) is 0 Å². The predicted octanol–water partition coefficient (Wildman–Crippen LogP) is 2.53. The third-order valence-corrected chi connectivity index (χ3v) is 1.48. The lowest BCUT2D eigenvalue weighted by atomic mass is 10.0. The van der Waals surface area contributed by atoms with Gasteiger partial charge < -0.3 is 5.11 Å². The number of hydrogen-bond acceptors (Lipinski definition) is 1. The van der Waals surface area contributed by atoms with Gasteiger partial charge in [-0.05, 0) is 19.3 Å². The van der Waals surface area contributed by atoms with Crippen LogP contribution in [0.15, 0.2) is 24.8 Å². The van der Waals surface area contributed by atoms with Crippen LogP contribution in [0.3, 0.4) is 0 Å². The minimum absolute atomic E-state index is 0.645. The van der Waals surface area contributed by atoms with Crippen LogP contribution in [-0.4, -0.2) is 10.7 Å². The maximum atomic E-state index is 9.43. The van der Waals surface area contributed by atoms with Crippen molar-refractivity contribution in [3.05, 3.63) is 24.8 Å². The first kappa shape index (κ1) is 10.4. The fourth-order valence-electron chi connectivity index (χ4n) is 0.647. The Hall–Kier alpha value is -0.560. The second-order valence-corrected chi connectivity index (χ2v) is 3.46. The van der Waals surface area contributed by atoms with Crippen LogP contribution in [0, 0.1) is 5.92 Å². The molecule has 1 nitrogen and oxygen atoms in total. The summed E-state index contributed by atoms with van der Waals surface area (Å²) >= 11 is 0. The molecule has 0 aliphatic heterocycles. The lowest BCUT2D eigenvalue weighted by Gasteiger charge is -2.12. The van der Waals surface area contributed by atoms with Gasteiger partial charge in [-0.15, -0.1) is 0 Å². The molecule has 0 saturated heterocycles. The average Bonchev–Trinajstić information content (AvgIpc) is 1.87. The molecule has 1 N–H and O–H groups in total. The van der Waals surface area contributed by atoms with Crippen LogP contribution >= 0.6 is 0 Å². The smallest absolute Gasteiger partial charge is 0.0977 e. The van der Waals surface area contributed by atoms with Gasteiger partial charge in [0.25, 0.3) is 0 Å². The van der Waals surface area contributed by atoms with E-state index in [0.717, 1.165) is 6.42 Å². The van der Waals surface area contributed by atoms with Crippen LogP contribution in [-0.2, 0) is 0 Å². The van der Waals surface area contributed by atoms with E-state index >= 15 is 0 Å². The van der Waals surface area contributed by atoms with Gasteiger partial charge in [-0.3, -0.25) is 0 Å². The van der Waals surface area contributed by atoms with Gasteiger partial charge in [0, 0.05) is 0 Å². The SMILES string of the molecule is C=CC(C)(O)C=CCC(C)C. The Labute approximate surface area is 69.4 Å². The normalized spacial score (nSPS) is 17.2. The average molecular weight is 154 g/mol. The van der Waals surface area contributed by atoms with E-state index in [1.54, 1.807) is 13.0 Å². The summed E-state index contributed by atoms with van der Waals surface area (Å²) in [4.78, 5) is 0. The first-order valence-corrected chi connectivity index (χ1v) is 4.01. The molecule has 1 heteroatoms. The maximum absolute atomic E-state index is 9.43. The molecule has 0 aromatic carbocycles. The van der Waals surface area contributed by atoms with Crippen molar-refractivity contribution < 1.29 is 5.11 Å². The number of hydrogen-bond donors (Lipinski definition) is 1. The standard InChI is InChI=1S/C10H18O/c1-5-10(4,11)8-6-7-9(2)3/h5-6,8-9,11H,1,7H2,2-4H3. The van der Waals surface area contributed by atoms with E-state index in [1.807, 2.05) is 6.08 Å². The molecule has 1 atom stereocenters. The topological polar surface area (TPSA) is 20.2 Å². The molecule has 0 aromatic heterocycles. The minimum atomic E-state index is -0.838. The van der Waals surface area contributed by atoms with Gasteiger partial charge in [0.15, 0.2) is 0 Å². The molecule has 0 saturated carbocycles. The molecule has 0 radical (unpaired) electrons. The zero-order valence-corrected chi connectivity index (χ0v) is 7.67. The summed E-state index contributed by atoms with van der Waals surface area (Å²) in [6, 6.07) is 0. The highest BCUT2D eigenvalue weighted by atomic mass is 16.3. The largest absolute Gasteiger partial charge is 0.382 e. The highest BCUT2D eigenvalue weighted by molar-refractivity contribution is 5.08. The summed E-state index contributed by atoms with van der Waals surface area (Å²) < 4.78 is 0. The van der Waals surface area contributed by atoms with Gasteiger partial charge in [-0.2, -0.15) is 0 Å². The van der Waals surface area contributed by atoms with Crippen LogP contribution in [0.2, 0.25) is 0 Å². The Morgan fingerprint density at radius 2 is 2.09 bits per heavy atom. The Bertz CT molecular complexity index is 143. The highest BCUT2D eigenvalue weighted by Gasteiger charge is 2.08. The fraction of sp³-hybridized carbons (Fsp3) is 0.600. The Morgan fingerprint density at radius 1 is 1.55 bits per heavy atom. The van der Waals surface area contributed by atoms with Crippen LogP contribution in [0.1, 0.15) is 27.2 Å². The van der Waals surface area contributed by atoms with Crippen molar-refractivity contribution in [3.63, 3.8) is 0 Å². The monoisotopic (exact) mass is 154 g/mol. The van der Waals surface area contributed by atoms with Gasteiger partial charge in [0.05, 0.1) is 5.60 Å². The molecule has 0 aliphatic rings. The van der Waals surface area contributed by atoms with Gasteiger partial charge in [0.2, 0.25) is 0 Å². The van der Waals surface area contributed by atoms with Crippen molar-refractivity contribution in [2.75, 3.05) is 0 Å². The van der Waals surface area contributed by atoms with Gasteiger partial charge in [0.1, 0.15) is 0 Å². The molecule has 0 fully saturated rings. The number of aliphatic hydroxyl groups is 1. The molecule has 1 unspecified atom stereocenters. The van der Waals surface area contributed by atoms with Gasteiger partial charge >= 0.3 is 0 Å². The fourth-order valence-corrected chi connectivity index (χ4v) is 0.647. The van der Waals surface area contributed by atoms with Crippen molar-refractivity contribution >= 4 is 0 Å². The lowest BCUT2D eigenvalue weighted by Crippen LogP contribution is -2.15. The molecule has 0 rings (SSSR count). The van der Waals surface area contributed by atoms with E-state index in [-0.39, 0.29) is 0 Å². The Morgan fingerprint density at radius 3 is 2.45 bits per heavy atom. The van der Waals surface area contributed by atoms with E-state index in [9.17, 15) is 5.11 Å². The van der Waals surface area contributed by atoms with E-state index < -0.39 is 5.60 Å². The number of allylic oxidation sites excluding steroid dienone is 1. The van der Waals surface area contributed by atoms with E-state index in [0.29, 0.717) is 5.92 Å². The quantitative estimate of drug-likeness (QED) is 0.617. The van der Waals surface area contributed by atoms with Crippen molar-refractivity contribution in [3.8, 4) is 0 Å².